The van der Waals surface area contributed by atoms with Gasteiger partial charge < -0.3 is 16.6 Å². The Morgan fingerprint density at radius 3 is 2.60 bits per heavy atom. The highest BCUT2D eigenvalue weighted by Crippen LogP contribution is 2.25. The first-order valence-electron chi connectivity index (χ1n) is 3.80. The van der Waals surface area contributed by atoms with Gasteiger partial charge in [-0.05, 0) is 57.3 Å². The predicted octanol–water partition coefficient (Wildman–Crippen LogP) is 1.21. The minimum Gasteiger partial charge on any atom is -0.506 e. The third kappa shape index (κ3) is 3.81. The van der Waals surface area contributed by atoms with Crippen molar-refractivity contribution in [2.45, 2.75) is 0 Å². The fourth-order valence-electron chi connectivity index (χ4n) is 0.842. The molecular formula is C8H8I2N4O. The number of aromatic hydroxyl groups is 1. The standard InChI is InChI=1S/C8H8I2N4O/c9-5-1-4(3-13-14-8(11)12)7(15)6(10)2-5/h1-3,15H,(H4,11,12,14)/b13-3-. The van der Waals surface area contributed by atoms with Crippen molar-refractivity contribution in [3.63, 3.8) is 0 Å². The lowest BCUT2D eigenvalue weighted by molar-refractivity contribution is 0.470. The normalized spacial score (nSPS) is 10.5. The highest BCUT2D eigenvalue weighted by molar-refractivity contribution is 14.1. The maximum atomic E-state index is 9.67. The van der Waals surface area contributed by atoms with E-state index in [2.05, 4.69) is 32.8 Å². The van der Waals surface area contributed by atoms with E-state index in [4.69, 9.17) is 11.5 Å². The molecule has 0 unspecified atom stereocenters. The molecule has 0 spiro atoms. The van der Waals surface area contributed by atoms with Crippen molar-refractivity contribution in [1.29, 1.82) is 0 Å². The van der Waals surface area contributed by atoms with Gasteiger partial charge in [-0.3, -0.25) is 0 Å². The van der Waals surface area contributed by atoms with Crippen molar-refractivity contribution < 1.29 is 5.11 Å². The number of nitrogens with zero attached hydrogens (tertiary/aromatic N) is 2. The van der Waals surface area contributed by atoms with Gasteiger partial charge in [0.1, 0.15) is 5.75 Å². The highest BCUT2D eigenvalue weighted by Gasteiger charge is 2.04. The number of hydrogen-bond donors (Lipinski definition) is 3. The Morgan fingerprint density at radius 1 is 1.33 bits per heavy atom. The van der Waals surface area contributed by atoms with Crippen molar-refractivity contribution in [2.75, 3.05) is 0 Å². The van der Waals surface area contributed by atoms with Crippen molar-refractivity contribution >= 4 is 57.4 Å². The van der Waals surface area contributed by atoms with E-state index in [1.807, 2.05) is 28.7 Å². The van der Waals surface area contributed by atoms with E-state index in [9.17, 15) is 5.11 Å². The summed E-state index contributed by atoms with van der Waals surface area (Å²) in [5, 5.41) is 16.8. The summed E-state index contributed by atoms with van der Waals surface area (Å²) in [5.41, 5.74) is 10.8. The summed E-state index contributed by atoms with van der Waals surface area (Å²) in [5.74, 6) is 0.0524. The number of benzene rings is 1. The van der Waals surface area contributed by atoms with Gasteiger partial charge in [0, 0.05) is 9.13 Å². The molecule has 0 saturated heterocycles. The zero-order chi connectivity index (χ0) is 11.4. The van der Waals surface area contributed by atoms with E-state index in [-0.39, 0.29) is 11.7 Å². The van der Waals surface area contributed by atoms with Gasteiger partial charge in [-0.15, -0.1) is 5.10 Å². The smallest absolute Gasteiger partial charge is 0.211 e. The summed E-state index contributed by atoms with van der Waals surface area (Å²) in [6.45, 7) is 0. The molecule has 80 valence electrons. The van der Waals surface area contributed by atoms with Crippen molar-refractivity contribution in [2.24, 2.45) is 21.7 Å². The van der Waals surface area contributed by atoms with E-state index < -0.39 is 0 Å². The Kier molecular flexibility index (Phi) is 4.57. The Bertz CT molecular complexity index is 427. The first kappa shape index (κ1) is 12.5. The van der Waals surface area contributed by atoms with Crippen LogP contribution in [-0.4, -0.2) is 17.3 Å². The summed E-state index contributed by atoms with van der Waals surface area (Å²) in [4.78, 5) is 0. The van der Waals surface area contributed by atoms with Crippen LogP contribution in [0.2, 0.25) is 0 Å². The monoisotopic (exact) mass is 430 g/mol. The molecule has 5 N–H and O–H groups in total. The van der Waals surface area contributed by atoms with Gasteiger partial charge >= 0.3 is 0 Å². The Labute approximate surface area is 114 Å². The van der Waals surface area contributed by atoms with Gasteiger partial charge in [0.15, 0.2) is 0 Å². The van der Waals surface area contributed by atoms with Crippen LogP contribution in [-0.2, 0) is 0 Å². The molecule has 1 aromatic rings. The van der Waals surface area contributed by atoms with Gasteiger partial charge in [-0.1, -0.05) is 0 Å². The highest BCUT2D eigenvalue weighted by atomic mass is 127. The number of nitrogens with two attached hydrogens (primary N) is 2. The number of phenols is 1. The van der Waals surface area contributed by atoms with E-state index in [0.29, 0.717) is 5.56 Å². The van der Waals surface area contributed by atoms with E-state index in [0.717, 1.165) is 7.14 Å². The first-order chi connectivity index (χ1) is 7.00. The molecule has 0 fully saturated rings. The molecular weight excluding hydrogens is 422 g/mol. The summed E-state index contributed by atoms with van der Waals surface area (Å²) < 4.78 is 1.76. The molecule has 0 atom stereocenters. The van der Waals surface area contributed by atoms with Crippen molar-refractivity contribution in [1.82, 2.24) is 0 Å². The maximum absolute atomic E-state index is 9.67. The topological polar surface area (TPSA) is 97.0 Å². The van der Waals surface area contributed by atoms with Gasteiger partial charge in [0.05, 0.1) is 9.78 Å². The number of guanidine groups is 1. The SMILES string of the molecule is NC(N)=N/N=C\c1cc(I)cc(I)c1O. The van der Waals surface area contributed by atoms with Crippen LogP contribution in [0, 0.1) is 7.14 Å². The van der Waals surface area contributed by atoms with Gasteiger partial charge in [0.2, 0.25) is 5.96 Å². The fraction of sp³-hybridized carbons (Fsp3) is 0. The predicted molar refractivity (Wildman–Crippen MR) is 76.9 cm³/mol. The minimum absolute atomic E-state index is 0.119. The second-order valence-corrected chi connectivity index (χ2v) is 5.00. The molecule has 1 aromatic carbocycles. The third-order valence-corrected chi connectivity index (χ3v) is 2.87. The third-order valence-electron chi connectivity index (χ3n) is 1.43. The molecule has 0 heterocycles. The molecule has 0 aliphatic carbocycles. The lowest BCUT2D eigenvalue weighted by Crippen LogP contribution is -2.21. The second-order valence-electron chi connectivity index (χ2n) is 2.59. The molecule has 0 saturated carbocycles. The van der Waals surface area contributed by atoms with Crippen LogP contribution in [0.4, 0.5) is 0 Å². The van der Waals surface area contributed by atoms with E-state index >= 15 is 0 Å². The molecule has 1 rings (SSSR count). The number of hydrogen-bond acceptors (Lipinski definition) is 3. The molecule has 15 heavy (non-hydrogen) atoms. The van der Waals surface area contributed by atoms with Crippen LogP contribution in [0.25, 0.3) is 0 Å². The fourth-order valence-corrected chi connectivity index (χ4v) is 2.73. The maximum Gasteiger partial charge on any atom is 0.211 e. The Morgan fingerprint density at radius 2 is 2.00 bits per heavy atom. The number of phenolic OH excluding ortho intramolecular Hbond substituents is 1. The molecule has 5 nitrogen and oxygen atoms in total. The molecule has 7 heteroatoms. The lowest BCUT2D eigenvalue weighted by atomic mass is 10.2. The molecule has 0 aromatic heterocycles. The van der Waals surface area contributed by atoms with Crippen molar-refractivity contribution in [3.8, 4) is 5.75 Å². The first-order valence-corrected chi connectivity index (χ1v) is 5.96. The van der Waals surface area contributed by atoms with Gasteiger partial charge in [-0.25, -0.2) is 0 Å². The average molecular weight is 430 g/mol. The summed E-state index contributed by atoms with van der Waals surface area (Å²) in [6, 6.07) is 3.64. The Balaban J connectivity index is 3.05. The average Bonchev–Trinajstić information content (AvgIpc) is 2.12. The quantitative estimate of drug-likeness (QED) is 0.285. The zero-order valence-electron chi connectivity index (χ0n) is 7.48. The number of rotatable bonds is 2. The van der Waals surface area contributed by atoms with Crippen LogP contribution in [0.1, 0.15) is 5.56 Å². The zero-order valence-corrected chi connectivity index (χ0v) is 11.8. The second kappa shape index (κ2) is 5.49. The van der Waals surface area contributed by atoms with Crippen LogP contribution >= 0.6 is 45.2 Å². The van der Waals surface area contributed by atoms with Gasteiger partial charge in [0.25, 0.3) is 0 Å². The summed E-state index contributed by atoms with van der Waals surface area (Å²) >= 11 is 4.19. The van der Waals surface area contributed by atoms with Crippen LogP contribution < -0.4 is 11.5 Å². The van der Waals surface area contributed by atoms with Crippen molar-refractivity contribution in [3.05, 3.63) is 24.8 Å². The molecule has 0 bridgehead atoms. The largest absolute Gasteiger partial charge is 0.506 e. The summed E-state index contributed by atoms with van der Waals surface area (Å²) in [6.07, 6.45) is 1.40. The van der Waals surface area contributed by atoms with E-state index in [1.165, 1.54) is 6.21 Å². The molecule has 0 aliphatic rings. The lowest BCUT2D eigenvalue weighted by Gasteiger charge is -2.01. The number of halogens is 2. The van der Waals surface area contributed by atoms with Gasteiger partial charge in [-0.2, -0.15) is 5.10 Å². The summed E-state index contributed by atoms with van der Waals surface area (Å²) in [7, 11) is 0. The van der Waals surface area contributed by atoms with Crippen LogP contribution in [0.3, 0.4) is 0 Å². The molecule has 0 aliphatic heterocycles. The van der Waals surface area contributed by atoms with Crippen LogP contribution in [0.15, 0.2) is 22.3 Å². The minimum atomic E-state index is -0.119. The van der Waals surface area contributed by atoms with E-state index in [1.54, 1.807) is 6.07 Å². The van der Waals surface area contributed by atoms with Crippen LogP contribution in [0.5, 0.6) is 5.75 Å². The molecule has 0 amide bonds. The molecule has 0 radical (unpaired) electrons. The Hall–Kier alpha value is -0.580.